The summed E-state index contributed by atoms with van der Waals surface area (Å²) >= 11 is 3.35. The maximum absolute atomic E-state index is 10.8. The molecule has 5 heteroatoms. The second-order valence-corrected chi connectivity index (χ2v) is 5.15. The molecule has 92 valence electrons. The van der Waals surface area contributed by atoms with Gasteiger partial charge in [-0.25, -0.2) is 4.98 Å². The van der Waals surface area contributed by atoms with Gasteiger partial charge in [0, 0.05) is 6.54 Å². The minimum Gasteiger partial charge on any atom is -0.481 e. The standard InChI is InChI=1S/C12H15BrN2O2/c13-11-3-1-2-10(14-11)8-15-6-4-9(5-7-15)12(16)17/h1-3,9H,4-8H2,(H,16,17). The van der Waals surface area contributed by atoms with Crippen LogP contribution < -0.4 is 0 Å². The van der Waals surface area contributed by atoms with E-state index in [1.165, 1.54) is 0 Å². The van der Waals surface area contributed by atoms with Crippen LogP contribution in [0.15, 0.2) is 22.8 Å². The molecule has 0 saturated carbocycles. The van der Waals surface area contributed by atoms with E-state index in [9.17, 15) is 4.79 Å². The zero-order valence-electron chi connectivity index (χ0n) is 9.47. The summed E-state index contributed by atoms with van der Waals surface area (Å²) in [6.07, 6.45) is 1.48. The predicted octanol–water partition coefficient (Wildman–Crippen LogP) is 2.14. The lowest BCUT2D eigenvalue weighted by atomic mass is 9.97. The first-order chi connectivity index (χ1) is 8.15. The molecule has 17 heavy (non-hydrogen) atoms. The first kappa shape index (κ1) is 12.5. The van der Waals surface area contributed by atoms with Crippen molar-refractivity contribution >= 4 is 21.9 Å². The van der Waals surface area contributed by atoms with Crippen LogP contribution in [0.4, 0.5) is 0 Å². The minimum absolute atomic E-state index is 0.165. The zero-order valence-corrected chi connectivity index (χ0v) is 11.1. The highest BCUT2D eigenvalue weighted by Crippen LogP contribution is 2.19. The molecule has 1 aromatic heterocycles. The van der Waals surface area contributed by atoms with E-state index in [4.69, 9.17) is 5.11 Å². The number of carbonyl (C=O) groups is 1. The van der Waals surface area contributed by atoms with E-state index in [2.05, 4.69) is 25.8 Å². The van der Waals surface area contributed by atoms with Gasteiger partial charge in [-0.05, 0) is 54.0 Å². The second kappa shape index (κ2) is 5.60. The van der Waals surface area contributed by atoms with E-state index in [1.807, 2.05) is 18.2 Å². The van der Waals surface area contributed by atoms with Gasteiger partial charge in [0.25, 0.3) is 0 Å². The quantitative estimate of drug-likeness (QED) is 0.869. The number of carboxylic acids is 1. The van der Waals surface area contributed by atoms with E-state index < -0.39 is 5.97 Å². The number of hydrogen-bond acceptors (Lipinski definition) is 3. The molecule has 1 N–H and O–H groups in total. The molecule has 0 aliphatic carbocycles. The van der Waals surface area contributed by atoms with Gasteiger partial charge in [0.05, 0.1) is 11.6 Å². The Morgan fingerprint density at radius 2 is 2.18 bits per heavy atom. The van der Waals surface area contributed by atoms with Crippen molar-refractivity contribution in [3.8, 4) is 0 Å². The summed E-state index contributed by atoms with van der Waals surface area (Å²) in [6.45, 7) is 2.47. The lowest BCUT2D eigenvalue weighted by Crippen LogP contribution is -2.36. The number of halogens is 1. The minimum atomic E-state index is -0.662. The summed E-state index contributed by atoms with van der Waals surface area (Å²) in [5.41, 5.74) is 1.02. The van der Waals surface area contributed by atoms with Crippen LogP contribution in [0, 0.1) is 5.92 Å². The topological polar surface area (TPSA) is 53.4 Å². The van der Waals surface area contributed by atoms with E-state index in [0.29, 0.717) is 0 Å². The molecule has 0 amide bonds. The van der Waals surface area contributed by atoms with Gasteiger partial charge >= 0.3 is 5.97 Å². The number of nitrogens with zero attached hydrogens (tertiary/aromatic N) is 2. The number of hydrogen-bond donors (Lipinski definition) is 1. The second-order valence-electron chi connectivity index (χ2n) is 4.34. The number of rotatable bonds is 3. The van der Waals surface area contributed by atoms with Gasteiger partial charge in [-0.3, -0.25) is 9.69 Å². The van der Waals surface area contributed by atoms with E-state index in [1.54, 1.807) is 0 Å². The van der Waals surface area contributed by atoms with E-state index in [-0.39, 0.29) is 5.92 Å². The van der Waals surface area contributed by atoms with Gasteiger partial charge in [0.1, 0.15) is 4.60 Å². The van der Waals surface area contributed by atoms with Crippen molar-refractivity contribution in [2.24, 2.45) is 5.92 Å². The number of piperidine rings is 1. The molecule has 1 saturated heterocycles. The third-order valence-corrected chi connectivity index (χ3v) is 3.54. The zero-order chi connectivity index (χ0) is 12.3. The van der Waals surface area contributed by atoms with Crippen molar-refractivity contribution in [3.05, 3.63) is 28.5 Å². The number of aromatic nitrogens is 1. The largest absolute Gasteiger partial charge is 0.481 e. The summed E-state index contributed by atoms with van der Waals surface area (Å²) in [5.74, 6) is -0.827. The average Bonchev–Trinajstić information content (AvgIpc) is 2.29. The van der Waals surface area contributed by atoms with Crippen molar-refractivity contribution < 1.29 is 9.90 Å². The number of aliphatic carboxylic acids is 1. The van der Waals surface area contributed by atoms with Gasteiger partial charge in [0.2, 0.25) is 0 Å². The van der Waals surface area contributed by atoms with Crippen molar-refractivity contribution in [1.29, 1.82) is 0 Å². The molecule has 2 heterocycles. The molecule has 1 aliphatic heterocycles. The van der Waals surface area contributed by atoms with Crippen LogP contribution in [0.5, 0.6) is 0 Å². The Morgan fingerprint density at radius 1 is 1.47 bits per heavy atom. The third-order valence-electron chi connectivity index (χ3n) is 3.10. The molecular formula is C12H15BrN2O2. The Hall–Kier alpha value is -0.940. The fourth-order valence-electron chi connectivity index (χ4n) is 2.11. The van der Waals surface area contributed by atoms with Crippen molar-refractivity contribution in [3.63, 3.8) is 0 Å². The highest BCUT2D eigenvalue weighted by atomic mass is 79.9. The highest BCUT2D eigenvalue weighted by Gasteiger charge is 2.24. The summed E-state index contributed by atoms with van der Waals surface area (Å²) < 4.78 is 0.843. The Bertz CT molecular complexity index is 403. The maximum atomic E-state index is 10.8. The fourth-order valence-corrected chi connectivity index (χ4v) is 2.49. The Labute approximate surface area is 109 Å². The van der Waals surface area contributed by atoms with Crippen molar-refractivity contribution in [1.82, 2.24) is 9.88 Å². The average molecular weight is 299 g/mol. The molecule has 2 rings (SSSR count). The number of carboxylic acid groups (broad SMARTS) is 1. The van der Waals surface area contributed by atoms with Crippen molar-refractivity contribution in [2.75, 3.05) is 13.1 Å². The van der Waals surface area contributed by atoms with Crippen LogP contribution >= 0.6 is 15.9 Å². The van der Waals surface area contributed by atoms with Crippen molar-refractivity contribution in [2.45, 2.75) is 19.4 Å². The third kappa shape index (κ3) is 3.51. The molecule has 0 atom stereocenters. The molecule has 0 spiro atoms. The first-order valence-corrected chi connectivity index (χ1v) is 6.51. The monoisotopic (exact) mass is 298 g/mol. The summed E-state index contributed by atoms with van der Waals surface area (Å²) in [5, 5.41) is 8.91. The van der Waals surface area contributed by atoms with Gasteiger partial charge in [-0.15, -0.1) is 0 Å². The van der Waals surface area contributed by atoms with Crippen LogP contribution in [0.25, 0.3) is 0 Å². The van der Waals surface area contributed by atoms with Crippen LogP contribution in [0.2, 0.25) is 0 Å². The molecule has 1 fully saturated rings. The van der Waals surface area contributed by atoms with Gasteiger partial charge in [0.15, 0.2) is 0 Å². The van der Waals surface area contributed by atoms with Crippen LogP contribution in [0.1, 0.15) is 18.5 Å². The van der Waals surface area contributed by atoms with Crippen LogP contribution in [-0.4, -0.2) is 34.0 Å². The number of likely N-dealkylation sites (tertiary alicyclic amines) is 1. The normalized spacial score (nSPS) is 18.2. The van der Waals surface area contributed by atoms with Gasteiger partial charge in [-0.1, -0.05) is 6.07 Å². The molecule has 1 aromatic rings. The van der Waals surface area contributed by atoms with Crippen LogP contribution in [0.3, 0.4) is 0 Å². The predicted molar refractivity (Wildman–Crippen MR) is 67.6 cm³/mol. The summed E-state index contributed by atoms with van der Waals surface area (Å²) in [6, 6.07) is 5.87. The molecule has 0 bridgehead atoms. The molecule has 0 unspecified atom stereocenters. The van der Waals surface area contributed by atoms with E-state index >= 15 is 0 Å². The Balaban J connectivity index is 1.88. The summed E-state index contributed by atoms with van der Waals surface area (Å²) in [7, 11) is 0. The first-order valence-electron chi connectivity index (χ1n) is 5.72. The SMILES string of the molecule is O=C(O)C1CCN(Cc2cccc(Br)n2)CC1. The molecular weight excluding hydrogens is 284 g/mol. The lowest BCUT2D eigenvalue weighted by molar-refractivity contribution is -0.143. The maximum Gasteiger partial charge on any atom is 0.306 e. The Morgan fingerprint density at radius 3 is 2.76 bits per heavy atom. The Kier molecular flexibility index (Phi) is 4.12. The fraction of sp³-hybridized carbons (Fsp3) is 0.500. The molecule has 1 aliphatic rings. The van der Waals surface area contributed by atoms with E-state index in [0.717, 1.165) is 42.8 Å². The van der Waals surface area contributed by atoms with Gasteiger partial charge < -0.3 is 5.11 Å². The lowest BCUT2D eigenvalue weighted by Gasteiger charge is -2.29. The molecule has 0 aromatic carbocycles. The molecule has 4 nitrogen and oxygen atoms in total. The van der Waals surface area contributed by atoms with Gasteiger partial charge in [-0.2, -0.15) is 0 Å². The number of pyridine rings is 1. The summed E-state index contributed by atoms with van der Waals surface area (Å²) in [4.78, 5) is 17.5. The van der Waals surface area contributed by atoms with Crippen LogP contribution in [-0.2, 0) is 11.3 Å². The highest BCUT2D eigenvalue weighted by molar-refractivity contribution is 9.10. The smallest absolute Gasteiger partial charge is 0.306 e. The molecule has 0 radical (unpaired) electrons.